The average Bonchev–Trinajstić information content (AvgIpc) is 3.30. The number of piperazine rings is 1. The van der Waals surface area contributed by atoms with Crippen LogP contribution in [-0.4, -0.2) is 75.5 Å². The molecule has 0 bridgehead atoms. The quantitative estimate of drug-likeness (QED) is 0.382. The van der Waals surface area contributed by atoms with E-state index < -0.39 is 0 Å². The summed E-state index contributed by atoms with van der Waals surface area (Å²) in [5.41, 5.74) is 1.58. The zero-order valence-electron chi connectivity index (χ0n) is 19.6. The molecule has 1 fully saturated rings. The number of hydrogen-bond donors (Lipinski definition) is 1. The molecule has 1 aromatic heterocycles. The third kappa shape index (κ3) is 5.83. The van der Waals surface area contributed by atoms with E-state index in [0.29, 0.717) is 49.5 Å². The van der Waals surface area contributed by atoms with Gasteiger partial charge in [0.05, 0.1) is 18.4 Å². The number of nitrogens with one attached hydrogen (secondary N) is 1. The van der Waals surface area contributed by atoms with Crippen LogP contribution < -0.4 is 10.1 Å². The predicted octanol–water partition coefficient (Wildman–Crippen LogP) is 3.61. The van der Waals surface area contributed by atoms with E-state index in [0.717, 1.165) is 11.3 Å². The number of urea groups is 1. The molecule has 0 aliphatic carbocycles. The lowest BCUT2D eigenvalue weighted by Gasteiger charge is -2.34. The van der Waals surface area contributed by atoms with E-state index >= 15 is 0 Å². The molecule has 3 amide bonds. The standard InChI is InChI=1S/C25H28N6O3S/c1-3-13-31-23(20-11-7-8-12-21(20)34-2)27-28-25(31)35-18-22(32)29-14-16-30(17-15-29)24(33)26-19-9-5-4-6-10-19/h3-12H,1,13-18H2,2H3,(H,26,33). The molecule has 4 rings (SSSR count). The molecule has 182 valence electrons. The lowest BCUT2D eigenvalue weighted by atomic mass is 10.2. The van der Waals surface area contributed by atoms with Gasteiger partial charge >= 0.3 is 6.03 Å². The van der Waals surface area contributed by atoms with Gasteiger partial charge in [0.15, 0.2) is 11.0 Å². The van der Waals surface area contributed by atoms with Gasteiger partial charge in [0, 0.05) is 38.4 Å². The van der Waals surface area contributed by atoms with Crippen molar-refractivity contribution in [1.29, 1.82) is 0 Å². The summed E-state index contributed by atoms with van der Waals surface area (Å²) in [6.45, 7) is 6.31. The largest absolute Gasteiger partial charge is 0.496 e. The zero-order chi connectivity index (χ0) is 24.6. The molecule has 35 heavy (non-hydrogen) atoms. The SMILES string of the molecule is C=CCn1c(SCC(=O)N2CCN(C(=O)Nc3ccccc3)CC2)nnc1-c1ccccc1OC. The summed E-state index contributed by atoms with van der Waals surface area (Å²) < 4.78 is 7.40. The Balaban J connectivity index is 1.34. The second-order valence-corrected chi connectivity index (χ2v) is 8.80. The number of rotatable bonds is 8. The maximum Gasteiger partial charge on any atom is 0.321 e. The van der Waals surface area contributed by atoms with Crippen molar-refractivity contribution in [3.63, 3.8) is 0 Å². The topological polar surface area (TPSA) is 92.6 Å². The molecule has 0 spiro atoms. The predicted molar refractivity (Wildman–Crippen MR) is 137 cm³/mol. The van der Waals surface area contributed by atoms with Crippen LogP contribution in [0.3, 0.4) is 0 Å². The minimum absolute atomic E-state index is 0.00473. The smallest absolute Gasteiger partial charge is 0.321 e. The molecule has 0 unspecified atom stereocenters. The molecule has 10 heteroatoms. The van der Waals surface area contributed by atoms with Crippen LogP contribution in [0.5, 0.6) is 5.75 Å². The summed E-state index contributed by atoms with van der Waals surface area (Å²) >= 11 is 1.34. The first-order valence-corrected chi connectivity index (χ1v) is 12.3. The molecule has 1 saturated heterocycles. The third-order valence-electron chi connectivity index (χ3n) is 5.65. The fourth-order valence-electron chi connectivity index (χ4n) is 3.82. The first kappa shape index (κ1) is 24.3. The van der Waals surface area contributed by atoms with E-state index in [1.54, 1.807) is 23.0 Å². The highest BCUT2D eigenvalue weighted by Gasteiger charge is 2.25. The van der Waals surface area contributed by atoms with Gasteiger partial charge < -0.3 is 19.9 Å². The second kappa shape index (κ2) is 11.6. The van der Waals surface area contributed by atoms with Gasteiger partial charge in [0.2, 0.25) is 5.91 Å². The van der Waals surface area contributed by atoms with Gasteiger partial charge in [-0.15, -0.1) is 16.8 Å². The molecule has 2 aromatic carbocycles. The minimum Gasteiger partial charge on any atom is -0.496 e. The highest BCUT2D eigenvalue weighted by molar-refractivity contribution is 7.99. The monoisotopic (exact) mass is 492 g/mol. The Labute approximate surface area is 208 Å². The van der Waals surface area contributed by atoms with Crippen molar-refractivity contribution in [1.82, 2.24) is 24.6 Å². The van der Waals surface area contributed by atoms with E-state index in [9.17, 15) is 9.59 Å². The second-order valence-electron chi connectivity index (χ2n) is 7.86. The van der Waals surface area contributed by atoms with Crippen molar-refractivity contribution in [3.05, 3.63) is 67.3 Å². The van der Waals surface area contributed by atoms with Crippen molar-refractivity contribution < 1.29 is 14.3 Å². The van der Waals surface area contributed by atoms with E-state index in [1.165, 1.54) is 11.8 Å². The van der Waals surface area contributed by atoms with Crippen LogP contribution >= 0.6 is 11.8 Å². The number of para-hydroxylation sites is 2. The van der Waals surface area contributed by atoms with Crippen LogP contribution in [-0.2, 0) is 11.3 Å². The Morgan fingerprint density at radius 3 is 2.43 bits per heavy atom. The molecule has 1 N–H and O–H groups in total. The number of carbonyl (C=O) groups is 2. The summed E-state index contributed by atoms with van der Waals surface area (Å²) in [5.74, 6) is 1.60. The Hall–Kier alpha value is -3.79. The van der Waals surface area contributed by atoms with Crippen molar-refractivity contribution in [2.45, 2.75) is 11.7 Å². The van der Waals surface area contributed by atoms with Gasteiger partial charge in [-0.1, -0.05) is 48.2 Å². The van der Waals surface area contributed by atoms with Crippen LogP contribution in [0.15, 0.2) is 72.4 Å². The Morgan fingerprint density at radius 2 is 1.71 bits per heavy atom. The fourth-order valence-corrected chi connectivity index (χ4v) is 4.67. The van der Waals surface area contributed by atoms with Crippen molar-refractivity contribution >= 4 is 29.4 Å². The van der Waals surface area contributed by atoms with Gasteiger partial charge in [-0.05, 0) is 24.3 Å². The molecule has 0 saturated carbocycles. The molecule has 9 nitrogen and oxygen atoms in total. The van der Waals surface area contributed by atoms with Gasteiger partial charge in [0.25, 0.3) is 0 Å². The highest BCUT2D eigenvalue weighted by Crippen LogP contribution is 2.31. The summed E-state index contributed by atoms with van der Waals surface area (Å²) in [5, 5.41) is 12.2. The lowest BCUT2D eigenvalue weighted by molar-refractivity contribution is -0.129. The van der Waals surface area contributed by atoms with Gasteiger partial charge in [-0.3, -0.25) is 9.36 Å². The number of nitrogens with zero attached hydrogens (tertiary/aromatic N) is 5. The number of carbonyl (C=O) groups excluding carboxylic acids is 2. The number of ether oxygens (including phenoxy) is 1. The van der Waals surface area contributed by atoms with E-state index in [4.69, 9.17) is 4.74 Å². The lowest BCUT2D eigenvalue weighted by Crippen LogP contribution is -2.52. The molecule has 1 aliphatic rings. The van der Waals surface area contributed by atoms with Gasteiger partial charge in [-0.25, -0.2) is 4.79 Å². The van der Waals surface area contributed by atoms with Crippen LogP contribution in [0.25, 0.3) is 11.4 Å². The summed E-state index contributed by atoms with van der Waals surface area (Å²) in [6, 6.07) is 16.8. The van der Waals surface area contributed by atoms with Gasteiger partial charge in [-0.2, -0.15) is 0 Å². The molecular formula is C25H28N6O3S. The van der Waals surface area contributed by atoms with Crippen molar-refractivity contribution in [2.24, 2.45) is 0 Å². The number of anilines is 1. The van der Waals surface area contributed by atoms with E-state index in [2.05, 4.69) is 22.1 Å². The summed E-state index contributed by atoms with van der Waals surface area (Å²) in [7, 11) is 1.62. The number of aromatic nitrogens is 3. The molecule has 2 heterocycles. The number of amides is 3. The third-order valence-corrected chi connectivity index (χ3v) is 6.60. The fraction of sp³-hybridized carbons (Fsp3) is 0.280. The highest BCUT2D eigenvalue weighted by atomic mass is 32.2. The first-order chi connectivity index (χ1) is 17.1. The average molecular weight is 493 g/mol. The Kier molecular flexibility index (Phi) is 8.04. The maximum absolute atomic E-state index is 12.9. The molecule has 3 aromatic rings. The maximum atomic E-state index is 12.9. The van der Waals surface area contributed by atoms with Crippen molar-refractivity contribution in [2.75, 3.05) is 44.4 Å². The molecule has 1 aliphatic heterocycles. The molecular weight excluding hydrogens is 464 g/mol. The van der Waals surface area contributed by atoms with E-state index in [1.807, 2.05) is 59.2 Å². The Bertz CT molecular complexity index is 1170. The Morgan fingerprint density at radius 1 is 1.03 bits per heavy atom. The first-order valence-electron chi connectivity index (χ1n) is 11.3. The number of hydrogen-bond acceptors (Lipinski definition) is 6. The number of thioether (sulfide) groups is 1. The van der Waals surface area contributed by atoms with Crippen LogP contribution in [0.2, 0.25) is 0 Å². The number of allylic oxidation sites excluding steroid dienone is 1. The molecule has 0 radical (unpaired) electrons. The number of benzene rings is 2. The van der Waals surface area contributed by atoms with Crippen LogP contribution in [0, 0.1) is 0 Å². The summed E-state index contributed by atoms with van der Waals surface area (Å²) in [4.78, 5) is 28.9. The zero-order valence-corrected chi connectivity index (χ0v) is 20.4. The number of methoxy groups -OCH3 is 1. The van der Waals surface area contributed by atoms with Gasteiger partial charge in [0.1, 0.15) is 5.75 Å². The van der Waals surface area contributed by atoms with Crippen LogP contribution in [0.1, 0.15) is 0 Å². The van der Waals surface area contributed by atoms with Crippen molar-refractivity contribution in [3.8, 4) is 17.1 Å². The normalized spacial score (nSPS) is 13.4. The van der Waals surface area contributed by atoms with Crippen LogP contribution in [0.4, 0.5) is 10.5 Å². The molecule has 0 atom stereocenters. The summed E-state index contributed by atoms with van der Waals surface area (Å²) in [6.07, 6.45) is 1.77. The minimum atomic E-state index is -0.154. The van der Waals surface area contributed by atoms with E-state index in [-0.39, 0.29) is 17.7 Å².